The van der Waals surface area contributed by atoms with Crippen molar-refractivity contribution in [1.29, 1.82) is 0 Å². The largest absolute Gasteiger partial charge is 0.457 e. The second kappa shape index (κ2) is 12.7. The Labute approximate surface area is 324 Å². The predicted molar refractivity (Wildman–Crippen MR) is 230 cm³/mol. The molecule has 7 aromatic carbocycles. The first-order valence-corrected chi connectivity index (χ1v) is 20.8. The van der Waals surface area contributed by atoms with E-state index in [4.69, 9.17) is 19.1 Å². The lowest BCUT2D eigenvalue weighted by atomic mass is 10.1. The molecule has 0 spiro atoms. The average molecular weight is 739 g/mol. The molecule has 0 unspecified atom stereocenters. The lowest BCUT2D eigenvalue weighted by Crippen LogP contribution is -2.77. The van der Waals surface area contributed by atoms with Crippen LogP contribution in [-0.4, -0.2) is 22.6 Å². The molecule has 1 aliphatic rings. The molecule has 0 aliphatic carbocycles. The van der Waals surface area contributed by atoms with Gasteiger partial charge in [0.1, 0.15) is 34.3 Å². The van der Waals surface area contributed by atoms with Crippen molar-refractivity contribution in [3.05, 3.63) is 188 Å². The van der Waals surface area contributed by atoms with E-state index >= 15 is 0 Å². The maximum Gasteiger partial charge on any atom is 0.187 e. The normalized spacial score (nSPS) is 13.2. The van der Waals surface area contributed by atoms with Crippen molar-refractivity contribution in [1.82, 2.24) is 14.5 Å². The summed E-state index contributed by atoms with van der Waals surface area (Å²) < 4.78 is 15.4. The monoisotopic (exact) mass is 738 g/mol. The predicted octanol–water partition coefficient (Wildman–Crippen LogP) is 9.49. The molecule has 3 aromatic heterocycles. The van der Waals surface area contributed by atoms with Gasteiger partial charge in [-0.25, -0.2) is 9.97 Å². The van der Waals surface area contributed by atoms with Gasteiger partial charge in [-0.15, -0.1) is 0 Å². The molecule has 6 nitrogen and oxygen atoms in total. The average Bonchev–Trinajstić information content (AvgIpc) is 3.81. The SMILES string of the molecule is Cn1c(-c2cccc(Oc3cccc(N4c5ccc6oc7ccccc7c6c5[Si](c5ccccc5)(c5ccccc5)c5cccnc54)c3)c2)nc2ccccc21. The van der Waals surface area contributed by atoms with Gasteiger partial charge in [-0.3, -0.25) is 4.90 Å². The highest BCUT2D eigenvalue weighted by Crippen LogP contribution is 2.42. The lowest BCUT2D eigenvalue weighted by molar-refractivity contribution is 0.483. The first-order chi connectivity index (χ1) is 27.7. The Morgan fingerprint density at radius 2 is 1.32 bits per heavy atom. The van der Waals surface area contributed by atoms with Crippen LogP contribution in [0.4, 0.5) is 17.2 Å². The number of imidazole rings is 1. The third kappa shape index (κ3) is 4.81. The third-order valence-corrected chi connectivity index (χ3v) is 16.0. The number of hydrogen-bond donors (Lipinski definition) is 0. The Kier molecular flexibility index (Phi) is 7.30. The minimum Gasteiger partial charge on any atom is -0.457 e. The first-order valence-electron chi connectivity index (χ1n) is 18.8. The fourth-order valence-electron chi connectivity index (χ4n) is 8.82. The Balaban J connectivity index is 1.12. The molecule has 7 heteroatoms. The van der Waals surface area contributed by atoms with Crippen LogP contribution in [0.3, 0.4) is 0 Å². The highest BCUT2D eigenvalue weighted by Gasteiger charge is 2.51. The van der Waals surface area contributed by atoms with Crippen molar-refractivity contribution in [2.24, 2.45) is 7.05 Å². The number of pyridine rings is 1. The van der Waals surface area contributed by atoms with Gasteiger partial charge in [0.25, 0.3) is 0 Å². The molecule has 0 saturated carbocycles. The topological polar surface area (TPSA) is 56.3 Å². The van der Waals surface area contributed by atoms with Crippen LogP contribution in [0.1, 0.15) is 0 Å². The number of anilines is 3. The molecule has 0 N–H and O–H groups in total. The number of furan rings is 1. The molecule has 0 atom stereocenters. The number of benzene rings is 7. The number of para-hydroxylation sites is 3. The molecule has 11 rings (SSSR count). The zero-order chi connectivity index (χ0) is 37.2. The van der Waals surface area contributed by atoms with E-state index in [9.17, 15) is 0 Å². The van der Waals surface area contributed by atoms with Crippen molar-refractivity contribution in [2.45, 2.75) is 0 Å². The third-order valence-electron chi connectivity index (χ3n) is 11.1. The molecule has 4 heterocycles. The summed E-state index contributed by atoms with van der Waals surface area (Å²) in [5.41, 5.74) is 6.82. The van der Waals surface area contributed by atoms with Crippen LogP contribution in [0.5, 0.6) is 11.5 Å². The molecule has 0 amide bonds. The Morgan fingerprint density at radius 1 is 0.607 bits per heavy atom. The van der Waals surface area contributed by atoms with Gasteiger partial charge < -0.3 is 13.7 Å². The minimum absolute atomic E-state index is 0.721. The van der Waals surface area contributed by atoms with Gasteiger partial charge in [0.2, 0.25) is 0 Å². The number of fused-ring (bicyclic) bond motifs is 7. The second-order valence-electron chi connectivity index (χ2n) is 14.2. The molecular formula is C49H34N4O2Si. The summed E-state index contributed by atoms with van der Waals surface area (Å²) in [4.78, 5) is 12.5. The summed E-state index contributed by atoms with van der Waals surface area (Å²) in [6.45, 7) is 0. The fourth-order valence-corrected chi connectivity index (χ4v) is 14.1. The van der Waals surface area contributed by atoms with Crippen LogP contribution in [-0.2, 0) is 7.05 Å². The maximum atomic E-state index is 6.67. The first kappa shape index (κ1) is 32.2. The summed E-state index contributed by atoms with van der Waals surface area (Å²) in [5.74, 6) is 3.25. The van der Waals surface area contributed by atoms with Crippen molar-refractivity contribution in [2.75, 3.05) is 4.90 Å². The molecule has 0 radical (unpaired) electrons. The molecule has 0 saturated heterocycles. The van der Waals surface area contributed by atoms with Crippen LogP contribution in [0.2, 0.25) is 0 Å². The second-order valence-corrected chi connectivity index (χ2v) is 17.9. The van der Waals surface area contributed by atoms with Crippen LogP contribution in [0.15, 0.2) is 193 Å². The van der Waals surface area contributed by atoms with Gasteiger partial charge in [0.15, 0.2) is 8.07 Å². The summed E-state index contributed by atoms with van der Waals surface area (Å²) >= 11 is 0. The van der Waals surface area contributed by atoms with E-state index in [1.54, 1.807) is 0 Å². The van der Waals surface area contributed by atoms with Gasteiger partial charge >= 0.3 is 0 Å². The van der Waals surface area contributed by atoms with Crippen LogP contribution in [0.25, 0.3) is 44.4 Å². The molecule has 0 bridgehead atoms. The van der Waals surface area contributed by atoms with Crippen molar-refractivity contribution in [3.8, 4) is 22.9 Å². The Bertz CT molecular complexity index is 3060. The van der Waals surface area contributed by atoms with Crippen LogP contribution >= 0.6 is 0 Å². The van der Waals surface area contributed by atoms with Crippen molar-refractivity contribution >= 4 is 79.0 Å². The zero-order valence-corrected chi connectivity index (χ0v) is 31.5. The maximum absolute atomic E-state index is 6.67. The number of ether oxygens (including phenoxy) is 1. The lowest BCUT2D eigenvalue weighted by Gasteiger charge is -2.44. The summed E-state index contributed by atoms with van der Waals surface area (Å²) in [6, 6.07) is 63.8. The molecule has 266 valence electrons. The highest BCUT2D eigenvalue weighted by atomic mass is 28.3. The van der Waals surface area contributed by atoms with E-state index in [1.165, 1.54) is 20.7 Å². The standard InChI is InChI=1S/C49H34N4O2Si/c1-52-41-25-10-9-24-40(41)51-48(52)33-15-12-17-35(31-33)54-36-18-13-16-34(32-36)53-42-28-29-44-46(39-23-8-11-26-43(39)55-44)47(42)56(37-19-4-2-5-20-37,38-21-6-3-7-22-38)45-27-14-30-50-49(45)53/h2-32H,1H3. The van der Waals surface area contributed by atoms with Crippen molar-refractivity contribution in [3.63, 3.8) is 0 Å². The number of nitrogens with zero attached hydrogens (tertiary/aromatic N) is 4. The van der Waals surface area contributed by atoms with Crippen LogP contribution < -0.4 is 30.4 Å². The van der Waals surface area contributed by atoms with Gasteiger partial charge in [-0.1, -0.05) is 115 Å². The van der Waals surface area contributed by atoms with Gasteiger partial charge in [0.05, 0.1) is 16.7 Å². The van der Waals surface area contributed by atoms with E-state index in [1.807, 2.05) is 48.7 Å². The fraction of sp³-hybridized carbons (Fsp3) is 0.0204. The molecule has 0 fully saturated rings. The van der Waals surface area contributed by atoms with Gasteiger partial charge in [-0.2, -0.15) is 0 Å². The molecular weight excluding hydrogens is 705 g/mol. The van der Waals surface area contributed by atoms with Gasteiger partial charge in [-0.05, 0) is 81.4 Å². The smallest absolute Gasteiger partial charge is 0.187 e. The van der Waals surface area contributed by atoms with E-state index in [2.05, 4.69) is 156 Å². The number of aromatic nitrogens is 3. The van der Waals surface area contributed by atoms with E-state index in [0.29, 0.717) is 0 Å². The molecule has 10 aromatic rings. The summed E-state index contributed by atoms with van der Waals surface area (Å²) in [6.07, 6.45) is 1.91. The van der Waals surface area contributed by atoms with Crippen molar-refractivity contribution < 1.29 is 9.15 Å². The number of rotatable bonds is 6. The zero-order valence-electron chi connectivity index (χ0n) is 30.5. The summed E-state index contributed by atoms with van der Waals surface area (Å²) in [7, 11) is -0.977. The minimum atomic E-state index is -3.03. The molecule has 56 heavy (non-hydrogen) atoms. The Hall–Kier alpha value is -7.22. The van der Waals surface area contributed by atoms with E-state index < -0.39 is 8.07 Å². The Morgan fingerprint density at radius 3 is 2.12 bits per heavy atom. The number of hydrogen-bond acceptors (Lipinski definition) is 5. The van der Waals surface area contributed by atoms with E-state index in [-0.39, 0.29) is 0 Å². The summed E-state index contributed by atoms with van der Waals surface area (Å²) in [5, 5.41) is 7.31. The highest BCUT2D eigenvalue weighted by molar-refractivity contribution is 7.22. The van der Waals surface area contributed by atoms with Crippen LogP contribution in [0, 0.1) is 0 Å². The van der Waals surface area contributed by atoms with E-state index in [0.717, 1.165) is 73.1 Å². The molecule has 1 aliphatic heterocycles. The van der Waals surface area contributed by atoms with Gasteiger partial charge in [0, 0.05) is 41.3 Å². The quantitative estimate of drug-likeness (QED) is 0.159. The number of aryl methyl sites for hydroxylation is 1.